The Labute approximate surface area is 384 Å². The maximum absolute atomic E-state index is 12.8. The van der Waals surface area contributed by atoms with Crippen LogP contribution in [-0.4, -0.2) is 37.2 Å². The van der Waals surface area contributed by atoms with Gasteiger partial charge < -0.3 is 14.2 Å². The lowest BCUT2D eigenvalue weighted by Gasteiger charge is -2.18. The summed E-state index contributed by atoms with van der Waals surface area (Å²) in [6, 6.07) is 0. The van der Waals surface area contributed by atoms with E-state index in [-0.39, 0.29) is 31.1 Å². The standard InChI is InChI=1S/C56H100O6/c1-4-7-10-13-16-19-22-24-26-27-28-30-31-34-37-40-43-46-49-55(58)61-52-53(51-60-54(57)48-45-42-39-36-33-21-18-15-12-9-6-3)62-56(59)50-47-44-41-38-35-32-29-25-23-20-17-14-11-8-5-2/h8,11,14-15,17-18,20,23,53H,4-7,9-10,12-13,16,19,21-22,24-52H2,1-3H3/b11-8-,17-14-,18-15-,23-20-. The number of unbranched alkanes of at least 4 members (excludes halogenated alkanes) is 31. The van der Waals surface area contributed by atoms with Crippen LogP contribution in [0.25, 0.3) is 0 Å². The molecule has 0 aliphatic carbocycles. The third kappa shape index (κ3) is 48.4. The summed E-state index contributed by atoms with van der Waals surface area (Å²) >= 11 is 0. The van der Waals surface area contributed by atoms with Crippen LogP contribution in [0.4, 0.5) is 0 Å². The first-order valence-corrected chi connectivity index (χ1v) is 26.7. The lowest BCUT2D eigenvalue weighted by atomic mass is 10.0. The zero-order chi connectivity index (χ0) is 45.1. The highest BCUT2D eigenvalue weighted by atomic mass is 16.6. The zero-order valence-electron chi connectivity index (χ0n) is 41.1. The van der Waals surface area contributed by atoms with Crippen LogP contribution in [0.15, 0.2) is 48.6 Å². The van der Waals surface area contributed by atoms with Crippen molar-refractivity contribution < 1.29 is 28.6 Å². The average molecular weight is 869 g/mol. The van der Waals surface area contributed by atoms with Crippen molar-refractivity contribution in [1.82, 2.24) is 0 Å². The Kier molecular flexibility index (Phi) is 48.8. The number of rotatable bonds is 48. The van der Waals surface area contributed by atoms with Crippen molar-refractivity contribution in [3.8, 4) is 0 Å². The second-order valence-corrected chi connectivity index (χ2v) is 17.8. The summed E-state index contributed by atoms with van der Waals surface area (Å²) in [5.74, 6) is -0.891. The van der Waals surface area contributed by atoms with Crippen molar-refractivity contribution in [3.63, 3.8) is 0 Å². The predicted molar refractivity (Wildman–Crippen MR) is 265 cm³/mol. The minimum absolute atomic E-state index is 0.0782. The van der Waals surface area contributed by atoms with Gasteiger partial charge in [-0.05, 0) is 57.8 Å². The lowest BCUT2D eigenvalue weighted by molar-refractivity contribution is -0.167. The lowest BCUT2D eigenvalue weighted by Crippen LogP contribution is -2.30. The minimum atomic E-state index is -0.779. The molecule has 62 heavy (non-hydrogen) atoms. The van der Waals surface area contributed by atoms with Gasteiger partial charge in [0.2, 0.25) is 0 Å². The highest BCUT2D eigenvalue weighted by Gasteiger charge is 2.19. The van der Waals surface area contributed by atoms with Crippen LogP contribution in [0.2, 0.25) is 0 Å². The van der Waals surface area contributed by atoms with E-state index in [1.54, 1.807) is 0 Å². The Hall–Kier alpha value is -2.63. The van der Waals surface area contributed by atoms with Gasteiger partial charge in [0, 0.05) is 19.3 Å². The third-order valence-corrected chi connectivity index (χ3v) is 11.6. The molecule has 0 bridgehead atoms. The molecule has 0 radical (unpaired) electrons. The molecule has 0 aromatic rings. The van der Waals surface area contributed by atoms with Gasteiger partial charge >= 0.3 is 17.9 Å². The number of hydrogen-bond donors (Lipinski definition) is 0. The smallest absolute Gasteiger partial charge is 0.306 e. The molecular formula is C56H100O6. The molecule has 0 saturated carbocycles. The van der Waals surface area contributed by atoms with E-state index < -0.39 is 6.10 Å². The minimum Gasteiger partial charge on any atom is -0.462 e. The van der Waals surface area contributed by atoms with E-state index >= 15 is 0 Å². The summed E-state index contributed by atoms with van der Waals surface area (Å²) in [5, 5.41) is 0. The fraction of sp³-hybridized carbons (Fsp3) is 0.804. The summed E-state index contributed by atoms with van der Waals surface area (Å²) in [4.78, 5) is 38.0. The van der Waals surface area contributed by atoms with Crippen LogP contribution in [0.3, 0.4) is 0 Å². The van der Waals surface area contributed by atoms with Gasteiger partial charge in [-0.3, -0.25) is 14.4 Å². The second kappa shape index (κ2) is 51.0. The number of allylic oxidation sites excluding steroid dienone is 8. The number of ether oxygens (including phenoxy) is 3. The molecule has 0 heterocycles. The summed E-state index contributed by atoms with van der Waals surface area (Å²) in [7, 11) is 0. The van der Waals surface area contributed by atoms with E-state index in [0.717, 1.165) is 77.0 Å². The quantitative estimate of drug-likeness (QED) is 0.0199. The summed E-state index contributed by atoms with van der Waals surface area (Å²) in [6.45, 7) is 6.48. The summed E-state index contributed by atoms with van der Waals surface area (Å²) < 4.78 is 16.8. The van der Waals surface area contributed by atoms with Gasteiger partial charge in [0.1, 0.15) is 13.2 Å². The van der Waals surface area contributed by atoms with E-state index in [0.29, 0.717) is 19.3 Å². The van der Waals surface area contributed by atoms with E-state index in [9.17, 15) is 14.4 Å². The zero-order valence-corrected chi connectivity index (χ0v) is 41.1. The largest absolute Gasteiger partial charge is 0.462 e. The van der Waals surface area contributed by atoms with Gasteiger partial charge in [0.25, 0.3) is 0 Å². The average Bonchev–Trinajstić information content (AvgIpc) is 3.27. The van der Waals surface area contributed by atoms with Crippen LogP contribution < -0.4 is 0 Å². The van der Waals surface area contributed by atoms with E-state index in [4.69, 9.17) is 14.2 Å². The van der Waals surface area contributed by atoms with Gasteiger partial charge in [-0.15, -0.1) is 0 Å². The van der Waals surface area contributed by atoms with Crippen LogP contribution >= 0.6 is 0 Å². The Morgan fingerprint density at radius 3 is 1.06 bits per heavy atom. The molecule has 0 aromatic heterocycles. The molecule has 0 aromatic carbocycles. The van der Waals surface area contributed by atoms with Gasteiger partial charge in [-0.25, -0.2) is 0 Å². The van der Waals surface area contributed by atoms with Crippen molar-refractivity contribution in [2.75, 3.05) is 13.2 Å². The van der Waals surface area contributed by atoms with Crippen molar-refractivity contribution >= 4 is 17.9 Å². The molecule has 6 heteroatoms. The molecule has 0 rings (SSSR count). The first-order chi connectivity index (χ1) is 30.5. The Morgan fingerprint density at radius 2 is 0.661 bits per heavy atom. The van der Waals surface area contributed by atoms with Crippen LogP contribution in [0.5, 0.6) is 0 Å². The van der Waals surface area contributed by atoms with E-state index in [2.05, 4.69) is 69.4 Å². The number of carbonyl (C=O) groups excluding carboxylic acids is 3. The van der Waals surface area contributed by atoms with Crippen molar-refractivity contribution in [1.29, 1.82) is 0 Å². The monoisotopic (exact) mass is 869 g/mol. The number of esters is 3. The SMILES string of the molecule is CC\C=C/C=C\C=C/CCCCCCCCCC(=O)OC(COC(=O)CCCCCCC/C=C\CCCC)COC(=O)CCCCCCCCCCCCCCCCCCCC. The fourth-order valence-electron chi connectivity index (χ4n) is 7.60. The number of hydrogen-bond acceptors (Lipinski definition) is 6. The Bertz CT molecular complexity index is 1090. The van der Waals surface area contributed by atoms with Crippen LogP contribution in [0.1, 0.15) is 271 Å². The molecule has 0 aliphatic rings. The third-order valence-electron chi connectivity index (χ3n) is 11.6. The molecule has 0 fully saturated rings. The van der Waals surface area contributed by atoms with Gasteiger partial charge in [-0.2, -0.15) is 0 Å². The predicted octanol–water partition coefficient (Wildman–Crippen LogP) is 17.5. The highest BCUT2D eigenvalue weighted by molar-refractivity contribution is 5.71. The molecule has 1 atom stereocenters. The Balaban J connectivity index is 4.33. The van der Waals surface area contributed by atoms with E-state index in [1.807, 2.05) is 0 Å². The van der Waals surface area contributed by atoms with Crippen molar-refractivity contribution in [2.24, 2.45) is 0 Å². The van der Waals surface area contributed by atoms with Crippen LogP contribution in [-0.2, 0) is 28.6 Å². The molecule has 0 N–H and O–H groups in total. The maximum atomic E-state index is 12.8. The maximum Gasteiger partial charge on any atom is 0.306 e. The molecule has 360 valence electrons. The molecular weight excluding hydrogens is 769 g/mol. The topological polar surface area (TPSA) is 78.9 Å². The van der Waals surface area contributed by atoms with Crippen molar-refractivity contribution in [2.45, 2.75) is 277 Å². The van der Waals surface area contributed by atoms with Crippen LogP contribution in [0, 0.1) is 0 Å². The fourth-order valence-corrected chi connectivity index (χ4v) is 7.60. The first-order valence-electron chi connectivity index (χ1n) is 26.7. The molecule has 0 aliphatic heterocycles. The molecule has 0 spiro atoms. The van der Waals surface area contributed by atoms with Gasteiger partial charge in [0.05, 0.1) is 0 Å². The normalized spacial score (nSPS) is 12.4. The molecule has 1 unspecified atom stereocenters. The summed E-state index contributed by atoms with van der Waals surface area (Å²) in [5.41, 5.74) is 0. The molecule has 0 saturated heterocycles. The summed E-state index contributed by atoms with van der Waals surface area (Å²) in [6.07, 6.45) is 61.0. The second-order valence-electron chi connectivity index (χ2n) is 17.8. The number of carbonyl (C=O) groups is 3. The molecule has 6 nitrogen and oxygen atoms in total. The van der Waals surface area contributed by atoms with Crippen molar-refractivity contribution in [3.05, 3.63) is 48.6 Å². The Morgan fingerprint density at radius 1 is 0.339 bits per heavy atom. The highest BCUT2D eigenvalue weighted by Crippen LogP contribution is 2.16. The van der Waals surface area contributed by atoms with Gasteiger partial charge in [-0.1, -0.05) is 243 Å². The molecule has 0 amide bonds. The first kappa shape index (κ1) is 59.4. The van der Waals surface area contributed by atoms with E-state index in [1.165, 1.54) is 154 Å². The van der Waals surface area contributed by atoms with Gasteiger partial charge in [0.15, 0.2) is 6.10 Å².